The molecule has 0 fully saturated rings. The molecule has 3 aromatic rings. The Labute approximate surface area is 171 Å². The van der Waals surface area contributed by atoms with Crippen LogP contribution in [0.1, 0.15) is 29.0 Å². The average molecular weight is 416 g/mol. The summed E-state index contributed by atoms with van der Waals surface area (Å²) in [5.74, 6) is 0.194. The molecule has 0 bridgehead atoms. The minimum atomic E-state index is -0.610. The zero-order valence-electron chi connectivity index (χ0n) is 15.8. The zero-order valence-corrected chi connectivity index (χ0v) is 17.4. The molecule has 3 rings (SSSR count). The van der Waals surface area contributed by atoms with Crippen molar-refractivity contribution in [2.45, 2.75) is 31.8 Å². The Bertz CT molecular complexity index is 1020. The monoisotopic (exact) mass is 415 g/mol. The normalized spacial score (nSPS) is 12.0. The topological polar surface area (TPSA) is 110 Å². The lowest BCUT2D eigenvalue weighted by Gasteiger charge is -2.15. The second-order valence-electron chi connectivity index (χ2n) is 6.33. The number of amides is 3. The number of hydrogen-bond acceptors (Lipinski definition) is 6. The van der Waals surface area contributed by atoms with Crippen molar-refractivity contribution in [3.8, 4) is 0 Å². The number of carbonyl (C=O) groups excluding carboxylic acids is 2. The summed E-state index contributed by atoms with van der Waals surface area (Å²) in [5, 5.41) is 7.36. The van der Waals surface area contributed by atoms with Gasteiger partial charge in [-0.2, -0.15) is 0 Å². The van der Waals surface area contributed by atoms with Gasteiger partial charge in [0.1, 0.15) is 16.2 Å². The number of hydrogen-bond donors (Lipinski definition) is 3. The molecule has 1 unspecified atom stereocenters. The first kappa shape index (κ1) is 20.1. The van der Waals surface area contributed by atoms with Crippen molar-refractivity contribution >= 4 is 50.9 Å². The Morgan fingerprint density at radius 1 is 1.21 bits per heavy atom. The fourth-order valence-corrected chi connectivity index (χ4v) is 4.69. The van der Waals surface area contributed by atoms with E-state index in [2.05, 4.69) is 34.4 Å². The van der Waals surface area contributed by atoms with Crippen LogP contribution in [0.5, 0.6) is 0 Å². The van der Waals surface area contributed by atoms with Crippen LogP contribution >= 0.6 is 23.1 Å². The number of thiophene rings is 1. The second kappa shape index (κ2) is 8.57. The van der Waals surface area contributed by atoms with Crippen LogP contribution in [0, 0.1) is 13.8 Å². The van der Waals surface area contributed by atoms with E-state index in [-0.39, 0.29) is 17.7 Å². The molecule has 146 valence electrons. The summed E-state index contributed by atoms with van der Waals surface area (Å²) in [6, 6.07) is 6.41. The van der Waals surface area contributed by atoms with E-state index in [9.17, 15) is 9.59 Å². The quantitative estimate of drug-likeness (QED) is 0.419. The number of benzene rings is 1. The third kappa shape index (κ3) is 4.60. The van der Waals surface area contributed by atoms with Gasteiger partial charge in [-0.25, -0.2) is 14.8 Å². The van der Waals surface area contributed by atoms with E-state index in [0.29, 0.717) is 5.69 Å². The van der Waals surface area contributed by atoms with Crippen LogP contribution in [0.15, 0.2) is 35.6 Å². The summed E-state index contributed by atoms with van der Waals surface area (Å²) in [6.07, 6.45) is 1.54. The van der Waals surface area contributed by atoms with Crippen molar-refractivity contribution in [2.24, 2.45) is 5.73 Å². The number of aromatic nitrogens is 2. The molecule has 0 radical (unpaired) electrons. The maximum Gasteiger partial charge on any atom is 0.316 e. The fraction of sp³-hybridized carbons (Fsp3) is 0.263. The van der Waals surface area contributed by atoms with Crippen LogP contribution in [0.2, 0.25) is 0 Å². The molecule has 28 heavy (non-hydrogen) atoms. The lowest BCUT2D eigenvalue weighted by molar-refractivity contribution is -0.119. The minimum Gasteiger partial charge on any atom is -0.351 e. The summed E-state index contributed by atoms with van der Waals surface area (Å²) >= 11 is 3.05. The highest BCUT2D eigenvalue weighted by Gasteiger charge is 2.15. The Hall–Kier alpha value is -2.65. The van der Waals surface area contributed by atoms with Crippen molar-refractivity contribution in [1.29, 1.82) is 0 Å². The van der Waals surface area contributed by atoms with Crippen LogP contribution in [0.4, 0.5) is 10.5 Å². The Kier molecular flexibility index (Phi) is 6.15. The smallest absolute Gasteiger partial charge is 0.316 e. The highest BCUT2D eigenvalue weighted by Crippen LogP contribution is 2.34. The van der Waals surface area contributed by atoms with Gasteiger partial charge in [0.05, 0.1) is 11.8 Å². The minimum absolute atomic E-state index is 0.0757. The molecular formula is C19H21N5O2S2. The molecule has 0 saturated heterocycles. The van der Waals surface area contributed by atoms with Crippen LogP contribution in [0.25, 0.3) is 10.2 Å². The van der Waals surface area contributed by atoms with Gasteiger partial charge in [0.2, 0.25) is 5.91 Å². The van der Waals surface area contributed by atoms with Gasteiger partial charge in [-0.3, -0.25) is 4.79 Å². The molecular weight excluding hydrogens is 394 g/mol. The molecule has 1 atom stereocenters. The van der Waals surface area contributed by atoms with Gasteiger partial charge < -0.3 is 16.4 Å². The van der Waals surface area contributed by atoms with Gasteiger partial charge >= 0.3 is 6.03 Å². The van der Waals surface area contributed by atoms with Crippen LogP contribution < -0.4 is 16.4 Å². The number of carbonyl (C=O) groups is 2. The number of thioether (sulfide) groups is 1. The maximum absolute atomic E-state index is 12.4. The van der Waals surface area contributed by atoms with E-state index < -0.39 is 6.03 Å². The predicted molar refractivity (Wildman–Crippen MR) is 114 cm³/mol. The molecule has 0 spiro atoms. The van der Waals surface area contributed by atoms with E-state index in [4.69, 9.17) is 5.73 Å². The van der Waals surface area contributed by atoms with E-state index in [1.54, 1.807) is 29.8 Å². The summed E-state index contributed by atoms with van der Waals surface area (Å²) in [7, 11) is 0. The number of primary amides is 1. The molecule has 2 heterocycles. The number of anilines is 1. The summed E-state index contributed by atoms with van der Waals surface area (Å²) in [5.41, 5.74) is 7.81. The highest BCUT2D eigenvalue weighted by molar-refractivity contribution is 8.00. The Morgan fingerprint density at radius 3 is 2.61 bits per heavy atom. The fourth-order valence-electron chi connectivity index (χ4n) is 2.76. The largest absolute Gasteiger partial charge is 0.351 e. The second-order valence-corrected chi connectivity index (χ2v) is 8.50. The molecule has 9 heteroatoms. The number of nitrogens with one attached hydrogen (secondary N) is 2. The standard InChI is InChI=1S/C19H21N5O2S2/c1-10-12(3)28-18-16(10)17(21-9-22-18)27-8-15(25)23-11(2)13-4-6-14(7-5-13)24-19(20)26/h4-7,9,11H,8H2,1-3H3,(H,23,25)(H3,20,24,26). The predicted octanol–water partition coefficient (Wildman–Crippen LogP) is 3.77. The van der Waals surface area contributed by atoms with Gasteiger partial charge in [0.15, 0.2) is 0 Å². The van der Waals surface area contributed by atoms with E-state index in [0.717, 1.165) is 20.8 Å². The summed E-state index contributed by atoms with van der Waals surface area (Å²) in [4.78, 5) is 34.1. The molecule has 0 aliphatic carbocycles. The molecule has 7 nitrogen and oxygen atoms in total. The molecule has 0 saturated carbocycles. The average Bonchev–Trinajstić information content (AvgIpc) is 2.94. The summed E-state index contributed by atoms with van der Waals surface area (Å²) < 4.78 is 0. The van der Waals surface area contributed by atoms with E-state index in [1.807, 2.05) is 19.1 Å². The zero-order chi connectivity index (χ0) is 20.3. The molecule has 0 aliphatic heterocycles. The first-order valence-corrected chi connectivity index (χ1v) is 10.4. The number of rotatable bonds is 6. The van der Waals surface area contributed by atoms with Crippen molar-refractivity contribution < 1.29 is 9.59 Å². The number of aryl methyl sites for hydroxylation is 2. The van der Waals surface area contributed by atoms with Gasteiger partial charge in [0.25, 0.3) is 0 Å². The maximum atomic E-state index is 12.4. The van der Waals surface area contributed by atoms with Crippen molar-refractivity contribution in [1.82, 2.24) is 15.3 Å². The van der Waals surface area contributed by atoms with Gasteiger partial charge in [-0.05, 0) is 44.0 Å². The summed E-state index contributed by atoms with van der Waals surface area (Å²) in [6.45, 7) is 6.03. The van der Waals surface area contributed by atoms with Crippen LogP contribution in [-0.4, -0.2) is 27.7 Å². The third-order valence-electron chi connectivity index (χ3n) is 4.33. The first-order chi connectivity index (χ1) is 13.3. The third-order valence-corrected chi connectivity index (χ3v) is 6.43. The van der Waals surface area contributed by atoms with Crippen LogP contribution in [0.3, 0.4) is 0 Å². The lowest BCUT2D eigenvalue weighted by atomic mass is 10.1. The molecule has 3 amide bonds. The van der Waals surface area contributed by atoms with Gasteiger partial charge in [-0.15, -0.1) is 11.3 Å². The van der Waals surface area contributed by atoms with E-state index in [1.165, 1.54) is 22.2 Å². The SMILES string of the molecule is Cc1sc2ncnc(SCC(=O)NC(C)c3ccc(NC(N)=O)cc3)c2c1C. The Balaban J connectivity index is 1.61. The van der Waals surface area contributed by atoms with Crippen LogP contribution in [-0.2, 0) is 4.79 Å². The number of urea groups is 1. The number of nitrogens with two attached hydrogens (primary N) is 1. The molecule has 1 aromatic carbocycles. The first-order valence-electron chi connectivity index (χ1n) is 8.64. The lowest BCUT2D eigenvalue weighted by Crippen LogP contribution is -2.28. The number of nitrogens with zero attached hydrogens (tertiary/aromatic N) is 2. The highest BCUT2D eigenvalue weighted by atomic mass is 32.2. The molecule has 4 N–H and O–H groups in total. The van der Waals surface area contributed by atoms with Crippen molar-refractivity contribution in [2.75, 3.05) is 11.1 Å². The molecule has 2 aromatic heterocycles. The van der Waals surface area contributed by atoms with Crippen molar-refractivity contribution in [3.63, 3.8) is 0 Å². The van der Waals surface area contributed by atoms with E-state index >= 15 is 0 Å². The van der Waals surface area contributed by atoms with Crippen molar-refractivity contribution in [3.05, 3.63) is 46.6 Å². The molecule has 0 aliphatic rings. The Morgan fingerprint density at radius 2 is 1.93 bits per heavy atom. The number of fused-ring (bicyclic) bond motifs is 1. The van der Waals surface area contributed by atoms with Gasteiger partial charge in [0, 0.05) is 16.0 Å². The van der Waals surface area contributed by atoms with Gasteiger partial charge in [-0.1, -0.05) is 23.9 Å².